The number of nitrogens with one attached hydrogen (secondary N) is 1. The van der Waals surface area contributed by atoms with E-state index in [2.05, 4.69) is 30.4 Å². The lowest BCUT2D eigenvalue weighted by molar-refractivity contribution is 0.222. The number of ether oxygens (including phenoxy) is 1. The molecule has 1 aliphatic rings. The number of para-hydroxylation sites is 1. The van der Waals surface area contributed by atoms with Gasteiger partial charge in [0, 0.05) is 19.0 Å². The monoisotopic (exact) mass is 283 g/mol. The molecule has 0 bridgehead atoms. The summed E-state index contributed by atoms with van der Waals surface area (Å²) in [5, 5.41) is 12.7. The summed E-state index contributed by atoms with van der Waals surface area (Å²) < 4.78 is 5.94. The highest BCUT2D eigenvalue weighted by Gasteiger charge is 2.22. The molecule has 2 aromatic rings. The quantitative estimate of drug-likeness (QED) is 0.886. The molecule has 1 aliphatic heterocycles. The van der Waals surface area contributed by atoms with E-state index in [4.69, 9.17) is 4.74 Å². The van der Waals surface area contributed by atoms with Crippen LogP contribution in [0.25, 0.3) is 0 Å². The molecule has 3 nitrogen and oxygen atoms in total. The first-order chi connectivity index (χ1) is 10.3. The standard InChI is InChI=1S/C18H21NO2/c1-13(15-7-4-5-14(9-15)12-20)19-11-17-10-16-6-2-3-8-18(16)21-17/h2-9,13,17,19-20H,10-12H2,1H3. The zero-order valence-corrected chi connectivity index (χ0v) is 12.3. The van der Waals surface area contributed by atoms with Crippen LogP contribution in [0.15, 0.2) is 48.5 Å². The van der Waals surface area contributed by atoms with E-state index in [9.17, 15) is 5.11 Å². The minimum Gasteiger partial charge on any atom is -0.488 e. The van der Waals surface area contributed by atoms with Gasteiger partial charge in [-0.05, 0) is 29.7 Å². The average Bonchev–Trinajstić information content (AvgIpc) is 2.95. The molecule has 0 saturated carbocycles. The van der Waals surface area contributed by atoms with Crippen LogP contribution in [-0.4, -0.2) is 17.8 Å². The van der Waals surface area contributed by atoms with Gasteiger partial charge >= 0.3 is 0 Å². The molecular weight excluding hydrogens is 262 g/mol. The van der Waals surface area contributed by atoms with Gasteiger partial charge in [0.05, 0.1) is 6.61 Å². The predicted octanol–water partition coefficient (Wildman–Crippen LogP) is 2.83. The van der Waals surface area contributed by atoms with Crippen molar-refractivity contribution in [2.24, 2.45) is 0 Å². The number of hydrogen-bond donors (Lipinski definition) is 2. The molecule has 0 fully saturated rings. The number of aliphatic hydroxyl groups excluding tert-OH is 1. The Hall–Kier alpha value is -1.84. The number of benzene rings is 2. The topological polar surface area (TPSA) is 41.5 Å². The lowest BCUT2D eigenvalue weighted by Crippen LogP contribution is -2.31. The molecule has 0 aromatic heterocycles. The van der Waals surface area contributed by atoms with E-state index in [1.807, 2.05) is 30.3 Å². The molecule has 3 heteroatoms. The van der Waals surface area contributed by atoms with Gasteiger partial charge in [0.25, 0.3) is 0 Å². The van der Waals surface area contributed by atoms with E-state index in [1.54, 1.807) is 0 Å². The molecule has 2 unspecified atom stereocenters. The van der Waals surface area contributed by atoms with E-state index < -0.39 is 0 Å². The van der Waals surface area contributed by atoms with Gasteiger partial charge < -0.3 is 15.2 Å². The van der Waals surface area contributed by atoms with Gasteiger partial charge in [0.1, 0.15) is 11.9 Å². The Bertz CT molecular complexity index is 587. The van der Waals surface area contributed by atoms with Crippen molar-refractivity contribution in [3.8, 4) is 5.75 Å². The van der Waals surface area contributed by atoms with Crippen LogP contribution in [0, 0.1) is 0 Å². The molecule has 0 aliphatic carbocycles. The number of fused-ring (bicyclic) bond motifs is 1. The first-order valence-corrected chi connectivity index (χ1v) is 7.44. The van der Waals surface area contributed by atoms with Crippen molar-refractivity contribution in [2.45, 2.75) is 32.1 Å². The first kappa shape index (κ1) is 14.1. The molecule has 0 spiro atoms. The maximum atomic E-state index is 9.21. The maximum absolute atomic E-state index is 9.21. The first-order valence-electron chi connectivity index (χ1n) is 7.44. The largest absolute Gasteiger partial charge is 0.488 e. The Morgan fingerprint density at radius 2 is 2.10 bits per heavy atom. The maximum Gasteiger partial charge on any atom is 0.123 e. The van der Waals surface area contributed by atoms with Crippen molar-refractivity contribution < 1.29 is 9.84 Å². The van der Waals surface area contributed by atoms with E-state index >= 15 is 0 Å². The third-order valence-electron chi connectivity index (χ3n) is 4.00. The normalized spacial score (nSPS) is 18.1. The van der Waals surface area contributed by atoms with E-state index in [-0.39, 0.29) is 18.8 Å². The Balaban J connectivity index is 1.56. The zero-order chi connectivity index (χ0) is 14.7. The predicted molar refractivity (Wildman–Crippen MR) is 83.3 cm³/mol. The SMILES string of the molecule is CC(NCC1Cc2ccccc2O1)c1cccc(CO)c1. The second kappa shape index (κ2) is 6.29. The number of aliphatic hydroxyl groups is 1. The number of hydrogen-bond acceptors (Lipinski definition) is 3. The minimum atomic E-state index is 0.0849. The summed E-state index contributed by atoms with van der Waals surface area (Å²) in [5.41, 5.74) is 3.43. The van der Waals surface area contributed by atoms with Crippen LogP contribution in [0.4, 0.5) is 0 Å². The van der Waals surface area contributed by atoms with Crippen molar-refractivity contribution in [1.29, 1.82) is 0 Å². The van der Waals surface area contributed by atoms with Crippen molar-refractivity contribution >= 4 is 0 Å². The summed E-state index contributed by atoms with van der Waals surface area (Å²) in [5.74, 6) is 1.01. The molecule has 0 saturated heterocycles. The molecule has 21 heavy (non-hydrogen) atoms. The molecule has 2 aromatic carbocycles. The van der Waals surface area contributed by atoms with Gasteiger partial charge in [-0.1, -0.05) is 42.5 Å². The number of rotatable bonds is 5. The fourth-order valence-electron chi connectivity index (χ4n) is 2.75. The van der Waals surface area contributed by atoms with Crippen LogP contribution in [0.2, 0.25) is 0 Å². The summed E-state index contributed by atoms with van der Waals surface area (Å²) in [6.07, 6.45) is 1.16. The highest BCUT2D eigenvalue weighted by molar-refractivity contribution is 5.37. The molecule has 110 valence electrons. The molecular formula is C18H21NO2. The van der Waals surface area contributed by atoms with Crippen LogP contribution < -0.4 is 10.1 Å². The molecule has 3 rings (SSSR count). The third-order valence-corrected chi connectivity index (χ3v) is 4.00. The second-order valence-electron chi connectivity index (χ2n) is 5.58. The van der Waals surface area contributed by atoms with Crippen LogP contribution >= 0.6 is 0 Å². The summed E-state index contributed by atoms with van der Waals surface area (Å²) in [7, 11) is 0. The fraction of sp³-hybridized carbons (Fsp3) is 0.333. The van der Waals surface area contributed by atoms with Gasteiger partial charge in [-0.2, -0.15) is 0 Å². The minimum absolute atomic E-state index is 0.0849. The Labute approximate surface area is 125 Å². The molecule has 0 radical (unpaired) electrons. The van der Waals surface area contributed by atoms with Gasteiger partial charge in [0.15, 0.2) is 0 Å². The van der Waals surface area contributed by atoms with Gasteiger partial charge in [-0.3, -0.25) is 0 Å². The van der Waals surface area contributed by atoms with Crippen molar-refractivity contribution in [3.05, 3.63) is 65.2 Å². The van der Waals surface area contributed by atoms with Crippen molar-refractivity contribution in [2.75, 3.05) is 6.54 Å². The van der Waals surface area contributed by atoms with Crippen LogP contribution in [0.1, 0.15) is 29.7 Å². The Kier molecular flexibility index (Phi) is 4.23. The van der Waals surface area contributed by atoms with Crippen molar-refractivity contribution in [3.63, 3.8) is 0 Å². The molecule has 0 amide bonds. The Morgan fingerprint density at radius 3 is 2.90 bits per heavy atom. The molecule has 1 heterocycles. The fourth-order valence-corrected chi connectivity index (χ4v) is 2.75. The van der Waals surface area contributed by atoms with Gasteiger partial charge in [-0.15, -0.1) is 0 Å². The van der Waals surface area contributed by atoms with E-state index in [1.165, 1.54) is 11.1 Å². The van der Waals surface area contributed by atoms with Crippen LogP contribution in [-0.2, 0) is 13.0 Å². The summed E-state index contributed by atoms with van der Waals surface area (Å²) in [4.78, 5) is 0. The molecule has 2 N–H and O–H groups in total. The summed E-state index contributed by atoms with van der Waals surface area (Å²) in [6, 6.07) is 16.5. The average molecular weight is 283 g/mol. The highest BCUT2D eigenvalue weighted by Crippen LogP contribution is 2.28. The van der Waals surface area contributed by atoms with Crippen LogP contribution in [0.3, 0.4) is 0 Å². The van der Waals surface area contributed by atoms with E-state index in [0.29, 0.717) is 0 Å². The zero-order valence-electron chi connectivity index (χ0n) is 12.3. The van der Waals surface area contributed by atoms with Gasteiger partial charge in [-0.25, -0.2) is 0 Å². The summed E-state index contributed by atoms with van der Waals surface area (Å²) in [6.45, 7) is 3.04. The second-order valence-corrected chi connectivity index (χ2v) is 5.58. The molecule has 2 atom stereocenters. The smallest absolute Gasteiger partial charge is 0.123 e. The lowest BCUT2D eigenvalue weighted by atomic mass is 10.0. The Morgan fingerprint density at radius 1 is 1.24 bits per heavy atom. The lowest BCUT2D eigenvalue weighted by Gasteiger charge is -2.18. The highest BCUT2D eigenvalue weighted by atomic mass is 16.5. The van der Waals surface area contributed by atoms with Gasteiger partial charge in [0.2, 0.25) is 0 Å². The van der Waals surface area contributed by atoms with Crippen LogP contribution in [0.5, 0.6) is 5.75 Å². The van der Waals surface area contributed by atoms with E-state index in [0.717, 1.165) is 24.3 Å². The van der Waals surface area contributed by atoms with Crippen molar-refractivity contribution in [1.82, 2.24) is 5.32 Å². The summed E-state index contributed by atoms with van der Waals surface area (Å²) >= 11 is 0. The third kappa shape index (κ3) is 3.26.